The predicted molar refractivity (Wildman–Crippen MR) is 93.2 cm³/mol. The van der Waals surface area contributed by atoms with Gasteiger partial charge in [-0.25, -0.2) is 10.8 Å². The van der Waals surface area contributed by atoms with Gasteiger partial charge in [-0.3, -0.25) is 0 Å². The summed E-state index contributed by atoms with van der Waals surface area (Å²) >= 11 is 5.78. The van der Waals surface area contributed by atoms with Gasteiger partial charge < -0.3 is 15.5 Å². The maximum absolute atomic E-state index is 9.45. The second-order valence-electron chi connectivity index (χ2n) is 5.51. The number of hydrogen-bond donors (Lipinski definition) is 2. The molecule has 0 aromatic carbocycles. The molecule has 0 atom stereocenters. The summed E-state index contributed by atoms with van der Waals surface area (Å²) < 4.78 is 5.50. The van der Waals surface area contributed by atoms with Crippen molar-refractivity contribution in [2.24, 2.45) is 17.5 Å². The second kappa shape index (κ2) is 7.86. The van der Waals surface area contributed by atoms with Crippen LogP contribution in [0.2, 0.25) is 5.02 Å². The summed E-state index contributed by atoms with van der Waals surface area (Å²) in [5.41, 5.74) is 7.06. The number of rotatable bonds is 7. The van der Waals surface area contributed by atoms with Gasteiger partial charge in [0.25, 0.3) is 0 Å². The highest BCUT2D eigenvalue weighted by molar-refractivity contribution is 6.30. The maximum atomic E-state index is 9.45. The number of hydrazine groups is 1. The molecule has 0 saturated heterocycles. The average molecular weight is 346 g/mol. The zero-order valence-corrected chi connectivity index (χ0v) is 14.3. The lowest BCUT2D eigenvalue weighted by Crippen LogP contribution is -2.35. The molecule has 6 nitrogen and oxygen atoms in total. The number of ether oxygens (including phenoxy) is 1. The number of hydrogen-bond acceptors (Lipinski definition) is 6. The van der Waals surface area contributed by atoms with E-state index in [1.165, 1.54) is 6.20 Å². The number of nitrogens with zero attached hydrogens (tertiary/aromatic N) is 3. The summed E-state index contributed by atoms with van der Waals surface area (Å²) in [4.78, 5) is 4.00. The van der Waals surface area contributed by atoms with E-state index in [9.17, 15) is 5.26 Å². The van der Waals surface area contributed by atoms with E-state index in [2.05, 4.69) is 11.6 Å². The van der Waals surface area contributed by atoms with Gasteiger partial charge in [0.05, 0.1) is 16.4 Å². The van der Waals surface area contributed by atoms with E-state index < -0.39 is 0 Å². The van der Waals surface area contributed by atoms with Crippen LogP contribution in [-0.4, -0.2) is 16.5 Å². The van der Waals surface area contributed by atoms with E-state index in [1.807, 2.05) is 13.0 Å². The minimum Gasteiger partial charge on any atom is -0.438 e. The standard InChI is InChI=1S/C17H20ClN5O/c1-3-15(23(21)10-12-4-5-12)17(20)14(8-19)11(2)24-16-7-6-13(18)9-22-16/h3,6-7,9,12H,2,4-5,10,20-21H2,1H3/b15-3+,17-14+. The predicted octanol–water partition coefficient (Wildman–Crippen LogP) is 2.85. The molecule has 0 radical (unpaired) electrons. The molecule has 1 heterocycles. The minimum atomic E-state index is 0.101. The van der Waals surface area contributed by atoms with E-state index in [0.29, 0.717) is 23.2 Å². The fourth-order valence-electron chi connectivity index (χ4n) is 2.15. The quantitative estimate of drug-likeness (QED) is 0.259. The minimum absolute atomic E-state index is 0.101. The highest BCUT2D eigenvalue weighted by Gasteiger charge is 2.25. The van der Waals surface area contributed by atoms with Crippen LogP contribution in [0.1, 0.15) is 19.8 Å². The Bertz CT molecular complexity index is 713. The average Bonchev–Trinajstić information content (AvgIpc) is 3.35. The van der Waals surface area contributed by atoms with Gasteiger partial charge in [-0.1, -0.05) is 24.3 Å². The van der Waals surface area contributed by atoms with Crippen molar-refractivity contribution in [2.75, 3.05) is 6.54 Å². The first-order valence-electron chi connectivity index (χ1n) is 7.53. The maximum Gasteiger partial charge on any atom is 0.219 e. The Kier molecular flexibility index (Phi) is 5.85. The third-order valence-corrected chi connectivity index (χ3v) is 3.82. The van der Waals surface area contributed by atoms with Crippen LogP contribution in [0.4, 0.5) is 0 Å². The summed E-state index contributed by atoms with van der Waals surface area (Å²) in [6.07, 6.45) is 5.54. The Morgan fingerprint density at radius 2 is 2.29 bits per heavy atom. The SMILES string of the molecule is C=C(Oc1ccc(Cl)cn1)/C(C#N)=C(N)\C(=C/C)N(N)CC1CC1. The zero-order valence-electron chi connectivity index (χ0n) is 13.5. The van der Waals surface area contributed by atoms with Crippen molar-refractivity contribution in [2.45, 2.75) is 19.8 Å². The Morgan fingerprint density at radius 3 is 2.79 bits per heavy atom. The van der Waals surface area contributed by atoms with E-state index in [4.69, 9.17) is 27.9 Å². The van der Waals surface area contributed by atoms with Crippen LogP contribution in [0.15, 0.2) is 53.7 Å². The summed E-state index contributed by atoms with van der Waals surface area (Å²) in [7, 11) is 0. The lowest BCUT2D eigenvalue weighted by molar-refractivity contribution is 0.346. The number of halogens is 1. The van der Waals surface area contributed by atoms with E-state index >= 15 is 0 Å². The van der Waals surface area contributed by atoms with Crippen molar-refractivity contribution >= 4 is 11.6 Å². The molecule has 4 N–H and O–H groups in total. The summed E-state index contributed by atoms with van der Waals surface area (Å²) in [5, 5.41) is 11.5. The van der Waals surface area contributed by atoms with Crippen LogP contribution >= 0.6 is 11.6 Å². The zero-order chi connectivity index (χ0) is 17.7. The molecule has 1 aromatic rings. The number of allylic oxidation sites excluding steroid dienone is 2. The van der Waals surface area contributed by atoms with Gasteiger partial charge in [-0.05, 0) is 31.7 Å². The number of nitriles is 1. The van der Waals surface area contributed by atoms with Crippen molar-refractivity contribution in [3.63, 3.8) is 0 Å². The van der Waals surface area contributed by atoms with Gasteiger partial charge >= 0.3 is 0 Å². The van der Waals surface area contributed by atoms with Crippen molar-refractivity contribution in [1.82, 2.24) is 9.99 Å². The third kappa shape index (κ3) is 4.51. The number of aromatic nitrogens is 1. The van der Waals surface area contributed by atoms with Crippen LogP contribution < -0.4 is 16.3 Å². The molecule has 1 aromatic heterocycles. The van der Waals surface area contributed by atoms with Crippen LogP contribution in [0.5, 0.6) is 5.88 Å². The van der Waals surface area contributed by atoms with Crippen LogP contribution in [0.25, 0.3) is 0 Å². The summed E-state index contributed by atoms with van der Waals surface area (Å²) in [6, 6.07) is 5.24. The van der Waals surface area contributed by atoms with E-state index in [0.717, 1.165) is 12.8 Å². The second-order valence-corrected chi connectivity index (χ2v) is 5.95. The lowest BCUT2D eigenvalue weighted by atomic mass is 10.1. The monoisotopic (exact) mass is 345 g/mol. The molecule has 1 aliphatic rings. The molecule has 1 fully saturated rings. The Morgan fingerprint density at radius 1 is 1.58 bits per heavy atom. The van der Waals surface area contributed by atoms with Gasteiger partial charge in [-0.2, -0.15) is 5.26 Å². The summed E-state index contributed by atoms with van der Waals surface area (Å²) in [6.45, 7) is 6.29. The molecule has 126 valence electrons. The highest BCUT2D eigenvalue weighted by atomic mass is 35.5. The first-order chi connectivity index (χ1) is 11.5. The Hall–Kier alpha value is -2.49. The fraction of sp³-hybridized carbons (Fsp3) is 0.294. The third-order valence-electron chi connectivity index (χ3n) is 3.60. The molecule has 1 saturated carbocycles. The molecule has 2 rings (SSSR count). The van der Waals surface area contributed by atoms with Crippen LogP contribution in [0, 0.1) is 17.2 Å². The van der Waals surface area contributed by atoms with Crippen molar-refractivity contribution in [3.8, 4) is 11.9 Å². The topological polar surface area (TPSA) is 101 Å². The Labute approximate surface area is 146 Å². The van der Waals surface area contributed by atoms with E-state index in [-0.39, 0.29) is 22.9 Å². The van der Waals surface area contributed by atoms with Crippen molar-refractivity contribution in [1.29, 1.82) is 5.26 Å². The molecule has 0 amide bonds. The Balaban J connectivity index is 2.19. The molecule has 0 aliphatic heterocycles. The molecule has 24 heavy (non-hydrogen) atoms. The van der Waals surface area contributed by atoms with Crippen molar-refractivity contribution in [3.05, 3.63) is 58.7 Å². The van der Waals surface area contributed by atoms with Crippen LogP contribution in [0.3, 0.4) is 0 Å². The molecular formula is C17H20ClN5O. The summed E-state index contributed by atoms with van der Waals surface area (Å²) in [5.74, 6) is 7.03. The molecule has 0 bridgehead atoms. The number of nitrogens with two attached hydrogens (primary N) is 2. The van der Waals surface area contributed by atoms with Gasteiger partial charge in [0, 0.05) is 18.8 Å². The number of pyridine rings is 1. The molecular weight excluding hydrogens is 326 g/mol. The fourth-order valence-corrected chi connectivity index (χ4v) is 2.27. The van der Waals surface area contributed by atoms with Crippen LogP contribution in [-0.2, 0) is 0 Å². The van der Waals surface area contributed by atoms with Gasteiger partial charge in [0.15, 0.2) is 0 Å². The molecule has 0 spiro atoms. The first-order valence-corrected chi connectivity index (χ1v) is 7.91. The highest BCUT2D eigenvalue weighted by Crippen LogP contribution is 2.30. The largest absolute Gasteiger partial charge is 0.438 e. The van der Waals surface area contributed by atoms with Crippen molar-refractivity contribution < 1.29 is 4.74 Å². The molecule has 0 unspecified atom stereocenters. The molecule has 7 heteroatoms. The normalized spacial score (nSPS) is 15.3. The van der Waals surface area contributed by atoms with Gasteiger partial charge in [-0.15, -0.1) is 0 Å². The first kappa shape index (κ1) is 17.9. The lowest BCUT2D eigenvalue weighted by Gasteiger charge is -2.23. The smallest absolute Gasteiger partial charge is 0.219 e. The van der Waals surface area contributed by atoms with E-state index in [1.54, 1.807) is 23.2 Å². The molecule has 1 aliphatic carbocycles. The van der Waals surface area contributed by atoms with Gasteiger partial charge in [0.2, 0.25) is 5.88 Å². The van der Waals surface area contributed by atoms with Gasteiger partial charge in [0.1, 0.15) is 17.4 Å².